The zero-order valence-corrected chi connectivity index (χ0v) is 13.5. The molecule has 1 saturated heterocycles. The van der Waals surface area contributed by atoms with Gasteiger partial charge in [-0.25, -0.2) is 0 Å². The molecule has 1 rings (SSSR count). The fraction of sp³-hybridized carbons (Fsp3) is 1.00. The third-order valence-corrected chi connectivity index (χ3v) is 4.16. The minimum atomic E-state index is 1.19. The van der Waals surface area contributed by atoms with Gasteiger partial charge in [0.25, 0.3) is 0 Å². The number of nitrogens with zero attached hydrogens (tertiary/aromatic N) is 3. The molecule has 0 atom stereocenters. The largest absolute Gasteiger partial charge is 0.308 e. The lowest BCUT2D eigenvalue weighted by atomic mass is 10.1. The topological polar surface area (TPSA) is 9.72 Å². The van der Waals surface area contributed by atoms with Crippen molar-refractivity contribution in [3.8, 4) is 0 Å². The van der Waals surface area contributed by atoms with E-state index in [0.29, 0.717) is 0 Å². The molecule has 19 heavy (non-hydrogen) atoms. The third-order valence-electron chi connectivity index (χ3n) is 4.16. The van der Waals surface area contributed by atoms with Crippen LogP contribution in [0.25, 0.3) is 0 Å². The molecule has 1 aliphatic rings. The average molecular weight is 269 g/mol. The Morgan fingerprint density at radius 2 is 1.26 bits per heavy atom. The van der Waals surface area contributed by atoms with Crippen molar-refractivity contribution in [3.63, 3.8) is 0 Å². The summed E-state index contributed by atoms with van der Waals surface area (Å²) in [7, 11) is 4.32. The Bertz CT molecular complexity index is 198. The van der Waals surface area contributed by atoms with Crippen molar-refractivity contribution in [2.24, 2.45) is 0 Å². The van der Waals surface area contributed by atoms with E-state index < -0.39 is 0 Å². The van der Waals surface area contributed by atoms with Gasteiger partial charge in [0.2, 0.25) is 0 Å². The highest BCUT2D eigenvalue weighted by atomic mass is 15.3. The van der Waals surface area contributed by atoms with Gasteiger partial charge in [-0.1, -0.05) is 39.0 Å². The SMILES string of the molecule is CCCCCCCCN1CCN(CCN(C)C)CC1. The van der Waals surface area contributed by atoms with Crippen LogP contribution in [0.1, 0.15) is 45.4 Å². The fourth-order valence-electron chi connectivity index (χ4n) is 2.69. The van der Waals surface area contributed by atoms with E-state index in [9.17, 15) is 0 Å². The van der Waals surface area contributed by atoms with Crippen LogP contribution in [0.4, 0.5) is 0 Å². The predicted molar refractivity (Wildman–Crippen MR) is 84.8 cm³/mol. The molecule has 114 valence electrons. The van der Waals surface area contributed by atoms with E-state index in [1.165, 1.54) is 84.3 Å². The van der Waals surface area contributed by atoms with Crippen molar-refractivity contribution >= 4 is 0 Å². The van der Waals surface area contributed by atoms with Gasteiger partial charge in [0, 0.05) is 39.3 Å². The van der Waals surface area contributed by atoms with Gasteiger partial charge < -0.3 is 9.80 Å². The van der Waals surface area contributed by atoms with E-state index in [1.807, 2.05) is 0 Å². The summed E-state index contributed by atoms with van der Waals surface area (Å²) < 4.78 is 0. The molecular weight excluding hydrogens is 234 g/mol. The van der Waals surface area contributed by atoms with E-state index in [-0.39, 0.29) is 0 Å². The quantitative estimate of drug-likeness (QED) is 0.564. The summed E-state index contributed by atoms with van der Waals surface area (Å²) in [6.45, 7) is 11.1. The van der Waals surface area contributed by atoms with Crippen LogP contribution in [-0.2, 0) is 0 Å². The van der Waals surface area contributed by atoms with Crippen LogP contribution in [0.2, 0.25) is 0 Å². The van der Waals surface area contributed by atoms with Gasteiger partial charge in [-0.05, 0) is 27.1 Å². The van der Waals surface area contributed by atoms with Crippen molar-refractivity contribution in [1.82, 2.24) is 14.7 Å². The molecule has 0 radical (unpaired) electrons. The summed E-state index contributed by atoms with van der Waals surface area (Å²) in [4.78, 5) is 7.55. The first-order valence-corrected chi connectivity index (χ1v) is 8.32. The Morgan fingerprint density at radius 1 is 0.737 bits per heavy atom. The van der Waals surface area contributed by atoms with E-state index in [0.717, 1.165) is 0 Å². The number of hydrogen-bond acceptors (Lipinski definition) is 3. The molecule has 3 heteroatoms. The van der Waals surface area contributed by atoms with Crippen LogP contribution < -0.4 is 0 Å². The van der Waals surface area contributed by atoms with Crippen molar-refractivity contribution in [2.75, 3.05) is 59.9 Å². The van der Waals surface area contributed by atoms with Gasteiger partial charge >= 0.3 is 0 Å². The minimum absolute atomic E-state index is 1.19. The van der Waals surface area contributed by atoms with Crippen LogP contribution >= 0.6 is 0 Å². The standard InChI is InChI=1S/C16H35N3/c1-4-5-6-7-8-9-10-18-13-15-19(16-14-18)12-11-17(2)3/h4-16H2,1-3H3. The van der Waals surface area contributed by atoms with Crippen LogP contribution in [0.3, 0.4) is 0 Å². The van der Waals surface area contributed by atoms with Crippen LogP contribution in [-0.4, -0.2) is 74.6 Å². The van der Waals surface area contributed by atoms with Crippen LogP contribution in [0.15, 0.2) is 0 Å². The maximum absolute atomic E-state index is 2.66. The van der Waals surface area contributed by atoms with Crippen LogP contribution in [0, 0.1) is 0 Å². The van der Waals surface area contributed by atoms with Gasteiger partial charge in [-0.2, -0.15) is 0 Å². The summed E-state index contributed by atoms with van der Waals surface area (Å²) in [6, 6.07) is 0. The fourth-order valence-corrected chi connectivity index (χ4v) is 2.69. The van der Waals surface area contributed by atoms with Crippen molar-refractivity contribution in [1.29, 1.82) is 0 Å². The molecule has 1 heterocycles. The van der Waals surface area contributed by atoms with Gasteiger partial charge in [-0.15, -0.1) is 0 Å². The molecule has 0 spiro atoms. The summed E-state index contributed by atoms with van der Waals surface area (Å²) in [5.74, 6) is 0. The van der Waals surface area contributed by atoms with Gasteiger partial charge in [0.15, 0.2) is 0 Å². The van der Waals surface area contributed by atoms with Crippen LogP contribution in [0.5, 0.6) is 0 Å². The zero-order valence-electron chi connectivity index (χ0n) is 13.5. The van der Waals surface area contributed by atoms with Gasteiger partial charge in [-0.3, -0.25) is 4.90 Å². The number of likely N-dealkylation sites (N-methyl/N-ethyl adjacent to an activating group) is 1. The summed E-state index contributed by atoms with van der Waals surface area (Å²) >= 11 is 0. The molecule has 0 aromatic carbocycles. The lowest BCUT2D eigenvalue weighted by Crippen LogP contribution is -2.48. The summed E-state index contributed by atoms with van der Waals surface area (Å²) in [5, 5.41) is 0. The maximum atomic E-state index is 2.66. The second-order valence-corrected chi connectivity index (χ2v) is 6.25. The molecule has 0 N–H and O–H groups in total. The molecule has 0 aromatic rings. The second-order valence-electron chi connectivity index (χ2n) is 6.25. The lowest BCUT2D eigenvalue weighted by Gasteiger charge is -2.35. The minimum Gasteiger partial charge on any atom is -0.308 e. The maximum Gasteiger partial charge on any atom is 0.0110 e. The number of rotatable bonds is 10. The normalized spacial score (nSPS) is 18.3. The Hall–Kier alpha value is -0.120. The molecule has 0 saturated carbocycles. The highest BCUT2D eigenvalue weighted by Gasteiger charge is 2.15. The monoisotopic (exact) mass is 269 g/mol. The first-order valence-electron chi connectivity index (χ1n) is 8.32. The molecule has 0 unspecified atom stereocenters. The Labute approximate surface area is 120 Å². The van der Waals surface area contributed by atoms with Gasteiger partial charge in [0.05, 0.1) is 0 Å². The first kappa shape index (κ1) is 16.9. The molecular formula is C16H35N3. The van der Waals surface area contributed by atoms with E-state index in [4.69, 9.17) is 0 Å². The predicted octanol–water partition coefficient (Wildman–Crippen LogP) is 2.53. The lowest BCUT2D eigenvalue weighted by molar-refractivity contribution is 0.124. The zero-order chi connectivity index (χ0) is 13.9. The number of unbranched alkanes of at least 4 members (excludes halogenated alkanes) is 5. The van der Waals surface area contributed by atoms with Gasteiger partial charge in [0.1, 0.15) is 0 Å². The Balaban J connectivity index is 1.94. The highest BCUT2D eigenvalue weighted by molar-refractivity contribution is 4.72. The van der Waals surface area contributed by atoms with Crippen molar-refractivity contribution in [2.45, 2.75) is 45.4 Å². The smallest absolute Gasteiger partial charge is 0.0110 e. The number of piperazine rings is 1. The molecule has 1 aliphatic heterocycles. The molecule has 0 bridgehead atoms. The molecule has 3 nitrogen and oxygen atoms in total. The van der Waals surface area contributed by atoms with E-state index >= 15 is 0 Å². The number of hydrogen-bond donors (Lipinski definition) is 0. The molecule has 0 aliphatic carbocycles. The molecule has 0 amide bonds. The summed E-state index contributed by atoms with van der Waals surface area (Å²) in [6.07, 6.45) is 8.49. The van der Waals surface area contributed by atoms with E-state index in [1.54, 1.807) is 0 Å². The van der Waals surface area contributed by atoms with Crippen molar-refractivity contribution < 1.29 is 0 Å². The summed E-state index contributed by atoms with van der Waals surface area (Å²) in [5.41, 5.74) is 0. The molecule has 0 aromatic heterocycles. The third kappa shape index (κ3) is 8.61. The molecule has 1 fully saturated rings. The Kier molecular flexibility index (Phi) is 9.48. The van der Waals surface area contributed by atoms with E-state index in [2.05, 4.69) is 35.7 Å². The Morgan fingerprint density at radius 3 is 1.84 bits per heavy atom. The average Bonchev–Trinajstić information content (AvgIpc) is 2.41. The van der Waals surface area contributed by atoms with Crippen molar-refractivity contribution in [3.05, 3.63) is 0 Å². The second kappa shape index (κ2) is 10.6. The first-order chi connectivity index (χ1) is 9.22. The highest BCUT2D eigenvalue weighted by Crippen LogP contribution is 2.07.